The lowest BCUT2D eigenvalue weighted by molar-refractivity contribution is -0.152. The van der Waals surface area contributed by atoms with Crippen LogP contribution in [0.25, 0.3) is 0 Å². The van der Waals surface area contributed by atoms with Crippen LogP contribution in [0.1, 0.15) is 45.4 Å². The van der Waals surface area contributed by atoms with Gasteiger partial charge in [-0.05, 0) is 52.0 Å². The Bertz CT molecular complexity index is 785. The number of carboxylic acids is 1. The normalized spacial score (nSPS) is 26.7. The highest BCUT2D eigenvalue weighted by molar-refractivity contribution is 5.95. The highest BCUT2D eigenvalue weighted by Crippen LogP contribution is 2.25. The summed E-state index contributed by atoms with van der Waals surface area (Å²) in [6.07, 6.45) is 3.50. The van der Waals surface area contributed by atoms with Gasteiger partial charge in [-0.25, -0.2) is 4.79 Å². The number of nitrogens with one attached hydrogen (secondary N) is 3. The van der Waals surface area contributed by atoms with Crippen molar-refractivity contribution in [3.63, 3.8) is 0 Å². The number of nitrogens with zero attached hydrogens (tertiary/aromatic N) is 2. The van der Waals surface area contributed by atoms with Gasteiger partial charge in [0.1, 0.15) is 24.2 Å². The van der Waals surface area contributed by atoms with E-state index in [1.807, 2.05) is 0 Å². The topological polar surface area (TPSA) is 168 Å². The Morgan fingerprint density at radius 2 is 1.64 bits per heavy atom. The van der Waals surface area contributed by atoms with Gasteiger partial charge in [-0.2, -0.15) is 0 Å². The molecule has 3 aliphatic rings. The molecule has 12 heteroatoms. The number of aliphatic hydroxyl groups is 1. The van der Waals surface area contributed by atoms with Crippen molar-refractivity contribution in [1.29, 1.82) is 0 Å². The van der Waals surface area contributed by atoms with Crippen LogP contribution in [0.2, 0.25) is 0 Å². The molecule has 3 heterocycles. The molecular weight excluding hydrogens is 434 g/mol. The molecule has 0 radical (unpaired) electrons. The zero-order valence-corrected chi connectivity index (χ0v) is 18.8. The second kappa shape index (κ2) is 10.9. The summed E-state index contributed by atoms with van der Waals surface area (Å²) < 4.78 is 0. The smallest absolute Gasteiger partial charge is 0.326 e. The molecule has 0 aromatic carbocycles. The van der Waals surface area contributed by atoms with Crippen molar-refractivity contribution in [2.45, 2.75) is 75.7 Å². The maximum atomic E-state index is 13.0. The molecule has 0 aliphatic carbocycles. The van der Waals surface area contributed by atoms with Gasteiger partial charge >= 0.3 is 5.97 Å². The van der Waals surface area contributed by atoms with Gasteiger partial charge in [-0.3, -0.25) is 19.2 Å². The molecular formula is C21H33N5O7. The highest BCUT2D eigenvalue weighted by atomic mass is 16.4. The van der Waals surface area contributed by atoms with Gasteiger partial charge in [-0.1, -0.05) is 0 Å². The summed E-state index contributed by atoms with van der Waals surface area (Å²) in [6, 6.07) is -4.25. The van der Waals surface area contributed by atoms with E-state index in [2.05, 4.69) is 16.0 Å². The minimum absolute atomic E-state index is 0.328. The molecule has 12 nitrogen and oxygen atoms in total. The molecule has 0 bridgehead atoms. The van der Waals surface area contributed by atoms with Crippen molar-refractivity contribution >= 4 is 29.6 Å². The first-order chi connectivity index (χ1) is 15.7. The Morgan fingerprint density at radius 1 is 0.970 bits per heavy atom. The van der Waals surface area contributed by atoms with Gasteiger partial charge in [0.15, 0.2) is 0 Å². The van der Waals surface area contributed by atoms with E-state index in [9.17, 15) is 34.2 Å². The van der Waals surface area contributed by atoms with Crippen LogP contribution in [0, 0.1) is 0 Å². The number of amides is 4. The molecule has 5 N–H and O–H groups in total. The number of aliphatic hydroxyl groups excluding tert-OH is 1. The molecule has 0 unspecified atom stereocenters. The molecule has 5 atom stereocenters. The van der Waals surface area contributed by atoms with Gasteiger partial charge in [0, 0.05) is 13.1 Å². The van der Waals surface area contributed by atoms with Crippen molar-refractivity contribution in [2.24, 2.45) is 0 Å². The SMILES string of the molecule is C[C@H](NC(=O)[C@H](CO)NC(=O)[C@@H]1CCCN1)C(=O)N1CCC[C@H]1C(=O)N1CCC[C@H]1C(=O)O. The van der Waals surface area contributed by atoms with Gasteiger partial charge < -0.3 is 36.0 Å². The first-order valence-corrected chi connectivity index (χ1v) is 11.5. The van der Waals surface area contributed by atoms with E-state index in [4.69, 9.17) is 0 Å². The fourth-order valence-electron chi connectivity index (χ4n) is 4.77. The molecule has 33 heavy (non-hydrogen) atoms. The third-order valence-corrected chi connectivity index (χ3v) is 6.56. The number of hydrogen-bond donors (Lipinski definition) is 5. The third-order valence-electron chi connectivity index (χ3n) is 6.56. The van der Waals surface area contributed by atoms with E-state index >= 15 is 0 Å². The Labute approximate surface area is 192 Å². The number of carboxylic acid groups (broad SMARTS) is 1. The number of carbonyl (C=O) groups excluding carboxylic acids is 4. The van der Waals surface area contributed by atoms with E-state index in [1.54, 1.807) is 0 Å². The summed E-state index contributed by atoms with van der Waals surface area (Å²) >= 11 is 0. The Kier molecular flexibility index (Phi) is 8.25. The Morgan fingerprint density at radius 3 is 2.24 bits per heavy atom. The lowest BCUT2D eigenvalue weighted by Gasteiger charge is -2.31. The quantitative estimate of drug-likeness (QED) is 0.268. The summed E-state index contributed by atoms with van der Waals surface area (Å²) in [5.41, 5.74) is 0. The van der Waals surface area contributed by atoms with Gasteiger partial charge in [0.05, 0.1) is 12.6 Å². The van der Waals surface area contributed by atoms with Crippen LogP contribution in [0.4, 0.5) is 0 Å². The van der Waals surface area contributed by atoms with E-state index < -0.39 is 54.6 Å². The van der Waals surface area contributed by atoms with Crippen molar-refractivity contribution in [1.82, 2.24) is 25.8 Å². The maximum absolute atomic E-state index is 13.0. The number of carbonyl (C=O) groups is 5. The van der Waals surface area contributed by atoms with Gasteiger partial charge in [0.2, 0.25) is 23.6 Å². The Balaban J connectivity index is 1.58. The minimum atomic E-state index is -1.20. The molecule has 4 amide bonds. The van der Waals surface area contributed by atoms with Crippen molar-refractivity contribution in [3.8, 4) is 0 Å². The first-order valence-electron chi connectivity index (χ1n) is 11.5. The summed E-state index contributed by atoms with van der Waals surface area (Å²) in [7, 11) is 0. The average Bonchev–Trinajstić information content (AvgIpc) is 3.56. The minimum Gasteiger partial charge on any atom is -0.480 e. The number of aliphatic carboxylic acids is 1. The number of likely N-dealkylation sites (tertiary alicyclic amines) is 2. The van der Waals surface area contributed by atoms with E-state index in [1.165, 1.54) is 16.7 Å². The summed E-state index contributed by atoms with van der Waals surface area (Å²) in [4.78, 5) is 65.0. The van der Waals surface area contributed by atoms with E-state index in [-0.39, 0.29) is 11.8 Å². The molecule has 3 rings (SSSR count). The predicted octanol–water partition coefficient (Wildman–Crippen LogP) is -2.21. The summed E-state index contributed by atoms with van der Waals surface area (Å²) in [5, 5.41) is 27.0. The predicted molar refractivity (Wildman–Crippen MR) is 115 cm³/mol. The second-order valence-corrected chi connectivity index (χ2v) is 8.84. The number of hydrogen-bond acceptors (Lipinski definition) is 7. The number of rotatable bonds is 8. The maximum Gasteiger partial charge on any atom is 0.326 e. The largest absolute Gasteiger partial charge is 0.480 e. The lowest BCUT2D eigenvalue weighted by Crippen LogP contribution is -2.58. The second-order valence-electron chi connectivity index (χ2n) is 8.84. The fraction of sp³-hybridized carbons (Fsp3) is 0.762. The lowest BCUT2D eigenvalue weighted by atomic mass is 10.1. The van der Waals surface area contributed by atoms with Crippen LogP contribution < -0.4 is 16.0 Å². The van der Waals surface area contributed by atoms with Crippen molar-refractivity contribution in [2.75, 3.05) is 26.2 Å². The van der Waals surface area contributed by atoms with Crippen LogP contribution in [-0.4, -0.2) is 106 Å². The van der Waals surface area contributed by atoms with E-state index in [0.29, 0.717) is 51.7 Å². The van der Waals surface area contributed by atoms with Crippen LogP contribution >= 0.6 is 0 Å². The zero-order chi connectivity index (χ0) is 24.1. The van der Waals surface area contributed by atoms with Crippen LogP contribution in [0.5, 0.6) is 0 Å². The van der Waals surface area contributed by atoms with Crippen molar-refractivity contribution < 1.29 is 34.2 Å². The first kappa shape index (κ1) is 24.9. The molecule has 0 aromatic heterocycles. The van der Waals surface area contributed by atoms with Crippen molar-refractivity contribution in [3.05, 3.63) is 0 Å². The van der Waals surface area contributed by atoms with Crippen LogP contribution in [-0.2, 0) is 24.0 Å². The molecule has 0 saturated carbocycles. The average molecular weight is 468 g/mol. The molecule has 0 spiro atoms. The monoisotopic (exact) mass is 467 g/mol. The molecule has 3 saturated heterocycles. The zero-order valence-electron chi connectivity index (χ0n) is 18.8. The van der Waals surface area contributed by atoms with Gasteiger partial charge in [-0.15, -0.1) is 0 Å². The molecule has 184 valence electrons. The highest BCUT2D eigenvalue weighted by Gasteiger charge is 2.43. The van der Waals surface area contributed by atoms with Crippen LogP contribution in [0.15, 0.2) is 0 Å². The molecule has 3 aliphatic heterocycles. The summed E-state index contributed by atoms with van der Waals surface area (Å²) in [5.74, 6) is -2.98. The van der Waals surface area contributed by atoms with Gasteiger partial charge in [0.25, 0.3) is 0 Å². The molecule has 0 aromatic rings. The third kappa shape index (κ3) is 5.61. The van der Waals surface area contributed by atoms with E-state index in [0.717, 1.165) is 6.42 Å². The fourth-order valence-corrected chi connectivity index (χ4v) is 4.77. The van der Waals surface area contributed by atoms with Crippen LogP contribution in [0.3, 0.4) is 0 Å². The summed E-state index contributed by atoms with van der Waals surface area (Å²) in [6.45, 7) is 2.23. The standard InChI is InChI=1S/C21H33N5O7/c1-12(23-18(29)14(11-27)24-17(28)13-5-2-8-22-13)19(30)25-9-3-6-15(25)20(31)26-10-4-7-16(26)21(32)33/h12-16,22,27H,2-11H2,1H3,(H,23,29)(H,24,28)(H,32,33)/t12-,13-,14-,15-,16-/m0/s1. The Hall–Kier alpha value is -2.73. The molecule has 3 fully saturated rings.